The van der Waals surface area contributed by atoms with Crippen molar-refractivity contribution < 1.29 is 19.7 Å². The van der Waals surface area contributed by atoms with E-state index in [1.807, 2.05) is 0 Å². The van der Waals surface area contributed by atoms with Crippen LogP contribution in [0.1, 0.15) is 6.42 Å². The maximum Gasteiger partial charge on any atom is 0.360 e. The topological polar surface area (TPSA) is 59.0 Å². The van der Waals surface area contributed by atoms with Crippen molar-refractivity contribution in [3.63, 3.8) is 0 Å². The van der Waals surface area contributed by atoms with E-state index >= 15 is 0 Å². The fourth-order valence-electron chi connectivity index (χ4n) is 2.19. The fraction of sp³-hybridized carbons (Fsp3) is 0.889. The minimum Gasteiger partial charge on any atom is -0.383 e. The summed E-state index contributed by atoms with van der Waals surface area (Å²) in [5.41, 5.74) is 0. The summed E-state index contributed by atoms with van der Waals surface area (Å²) in [6.07, 6.45) is 1.13. The Morgan fingerprint density at radius 3 is 3.00 bits per heavy atom. The predicted molar refractivity (Wildman–Crippen MR) is 55.7 cm³/mol. The number of thioether (sulfide) groups is 1. The molecule has 0 spiro atoms. The van der Waals surface area contributed by atoms with Gasteiger partial charge in [0, 0.05) is 25.4 Å². The van der Waals surface area contributed by atoms with Crippen molar-refractivity contribution in [2.24, 2.45) is 0 Å². The molecule has 1 N–H and O–H groups in total. The van der Waals surface area contributed by atoms with Crippen LogP contribution >= 0.6 is 11.8 Å². The lowest BCUT2D eigenvalue weighted by molar-refractivity contribution is -0.242. The number of carbonyl (C=O) groups excluding carboxylic acids is 1. The number of methoxy groups -OCH3 is 1. The van der Waals surface area contributed by atoms with E-state index in [1.54, 1.807) is 18.9 Å². The van der Waals surface area contributed by atoms with Gasteiger partial charge in [0.25, 0.3) is 0 Å². The highest BCUT2D eigenvalue weighted by Gasteiger charge is 2.47. The third kappa shape index (κ3) is 1.99. The third-order valence-corrected chi connectivity index (χ3v) is 4.46. The van der Waals surface area contributed by atoms with Gasteiger partial charge in [0.15, 0.2) is 0 Å². The molecule has 86 valence electrons. The molecule has 2 saturated heterocycles. The van der Waals surface area contributed by atoms with E-state index in [1.165, 1.54) is 0 Å². The monoisotopic (exact) mass is 233 g/mol. The van der Waals surface area contributed by atoms with Crippen LogP contribution in [0.5, 0.6) is 0 Å². The summed E-state index contributed by atoms with van der Waals surface area (Å²) in [6.45, 7) is 1.42. The molecule has 3 atom stereocenters. The van der Waals surface area contributed by atoms with Crippen LogP contribution < -0.4 is 0 Å². The molecule has 2 aliphatic heterocycles. The summed E-state index contributed by atoms with van der Waals surface area (Å²) in [5.74, 6) is 0.470. The minimum absolute atomic E-state index is 0.0613. The van der Waals surface area contributed by atoms with E-state index in [4.69, 9.17) is 9.99 Å². The van der Waals surface area contributed by atoms with Gasteiger partial charge in [0.2, 0.25) is 0 Å². The second-order valence-corrected chi connectivity index (χ2v) is 5.13. The SMILES string of the molecule is COCC1SCC2CCN2C1C(=O)OO. The van der Waals surface area contributed by atoms with Crippen LogP contribution in [-0.4, -0.2) is 59.5 Å². The zero-order valence-electron chi connectivity index (χ0n) is 8.59. The standard InChI is InChI=1S/C9H15NO4S/c1-13-4-7-8(9(11)14-12)10-3-2-6(10)5-15-7/h6-8,12H,2-5H2,1H3. The lowest BCUT2D eigenvalue weighted by atomic mass is 9.98. The maximum absolute atomic E-state index is 11.5. The van der Waals surface area contributed by atoms with E-state index in [0.717, 1.165) is 18.7 Å². The number of carbonyl (C=O) groups is 1. The van der Waals surface area contributed by atoms with Crippen LogP contribution in [-0.2, 0) is 14.4 Å². The number of hydrogen-bond donors (Lipinski definition) is 1. The molecule has 3 unspecified atom stereocenters. The molecule has 0 amide bonds. The molecule has 0 radical (unpaired) electrons. The number of nitrogens with zero attached hydrogens (tertiary/aromatic N) is 1. The lowest BCUT2D eigenvalue weighted by Gasteiger charge is -2.50. The van der Waals surface area contributed by atoms with E-state index < -0.39 is 5.97 Å². The highest BCUT2D eigenvalue weighted by Crippen LogP contribution is 2.36. The lowest BCUT2D eigenvalue weighted by Crippen LogP contribution is -2.64. The van der Waals surface area contributed by atoms with Crippen LogP contribution in [0.15, 0.2) is 0 Å². The van der Waals surface area contributed by atoms with Gasteiger partial charge in [-0.05, 0) is 6.42 Å². The summed E-state index contributed by atoms with van der Waals surface area (Å²) in [7, 11) is 1.62. The fourth-order valence-corrected chi connectivity index (χ4v) is 3.70. The van der Waals surface area contributed by atoms with E-state index in [0.29, 0.717) is 12.6 Å². The van der Waals surface area contributed by atoms with E-state index in [-0.39, 0.29) is 11.3 Å². The smallest absolute Gasteiger partial charge is 0.360 e. The zero-order valence-corrected chi connectivity index (χ0v) is 9.40. The molecular weight excluding hydrogens is 218 g/mol. The van der Waals surface area contributed by atoms with Crippen molar-refractivity contribution in [3.05, 3.63) is 0 Å². The number of hydrogen-bond acceptors (Lipinski definition) is 6. The van der Waals surface area contributed by atoms with Gasteiger partial charge in [-0.1, -0.05) is 0 Å². The molecular formula is C9H15NO4S. The quantitative estimate of drug-likeness (QED) is 0.555. The second kappa shape index (κ2) is 4.69. The first kappa shape index (κ1) is 11.2. The highest BCUT2D eigenvalue weighted by atomic mass is 32.2. The Morgan fingerprint density at radius 1 is 1.67 bits per heavy atom. The second-order valence-electron chi connectivity index (χ2n) is 3.86. The molecule has 0 saturated carbocycles. The molecule has 0 aromatic carbocycles. The summed E-state index contributed by atoms with van der Waals surface area (Å²) in [5, 5.41) is 8.54. The normalized spacial score (nSPS) is 35.5. The third-order valence-electron chi connectivity index (χ3n) is 3.06. The molecule has 15 heavy (non-hydrogen) atoms. The Balaban J connectivity index is 2.06. The van der Waals surface area contributed by atoms with Crippen LogP contribution in [0.25, 0.3) is 0 Å². The highest BCUT2D eigenvalue weighted by molar-refractivity contribution is 8.00. The molecule has 0 aromatic heterocycles. The van der Waals surface area contributed by atoms with E-state index in [9.17, 15) is 4.79 Å². The van der Waals surface area contributed by atoms with Gasteiger partial charge in [-0.3, -0.25) is 9.79 Å². The minimum atomic E-state index is -0.561. The first-order valence-electron chi connectivity index (χ1n) is 4.99. The van der Waals surface area contributed by atoms with Crippen molar-refractivity contribution in [2.45, 2.75) is 23.8 Å². The summed E-state index contributed by atoms with van der Waals surface area (Å²) < 4.78 is 5.08. The van der Waals surface area contributed by atoms with Crippen molar-refractivity contribution in [1.29, 1.82) is 0 Å². The number of ether oxygens (including phenoxy) is 1. The van der Waals surface area contributed by atoms with Crippen LogP contribution in [0, 0.1) is 0 Å². The van der Waals surface area contributed by atoms with Gasteiger partial charge in [0.05, 0.1) is 11.9 Å². The van der Waals surface area contributed by atoms with Gasteiger partial charge in [-0.25, -0.2) is 4.79 Å². The molecule has 2 fully saturated rings. The Kier molecular flexibility index (Phi) is 3.50. The first-order chi connectivity index (χ1) is 7.27. The van der Waals surface area contributed by atoms with E-state index in [2.05, 4.69) is 9.79 Å². The average Bonchev–Trinajstić information content (AvgIpc) is 2.21. The first-order valence-corrected chi connectivity index (χ1v) is 6.04. The van der Waals surface area contributed by atoms with Gasteiger partial charge >= 0.3 is 5.97 Å². The Morgan fingerprint density at radius 2 is 2.47 bits per heavy atom. The molecule has 0 bridgehead atoms. The van der Waals surface area contributed by atoms with Gasteiger partial charge in [0.1, 0.15) is 6.04 Å². The Bertz CT molecular complexity index is 250. The van der Waals surface area contributed by atoms with Gasteiger partial charge in [-0.2, -0.15) is 17.0 Å². The van der Waals surface area contributed by atoms with Crippen LogP contribution in [0.3, 0.4) is 0 Å². The molecule has 2 aliphatic rings. The maximum atomic E-state index is 11.5. The summed E-state index contributed by atoms with van der Waals surface area (Å²) in [6, 6.07) is 0.111. The summed E-state index contributed by atoms with van der Waals surface area (Å²) >= 11 is 1.72. The number of fused-ring (bicyclic) bond motifs is 1. The Hall–Kier alpha value is -0.300. The molecule has 6 heteroatoms. The number of rotatable bonds is 3. The van der Waals surface area contributed by atoms with Crippen LogP contribution in [0.2, 0.25) is 0 Å². The van der Waals surface area contributed by atoms with Crippen molar-refractivity contribution in [2.75, 3.05) is 26.0 Å². The Labute approximate surface area is 92.6 Å². The largest absolute Gasteiger partial charge is 0.383 e. The van der Waals surface area contributed by atoms with Crippen molar-refractivity contribution in [1.82, 2.24) is 4.90 Å². The molecule has 5 nitrogen and oxygen atoms in total. The summed E-state index contributed by atoms with van der Waals surface area (Å²) in [4.78, 5) is 17.4. The van der Waals surface area contributed by atoms with Crippen molar-refractivity contribution >= 4 is 17.7 Å². The molecule has 0 aliphatic carbocycles. The average molecular weight is 233 g/mol. The van der Waals surface area contributed by atoms with Gasteiger partial charge in [-0.15, -0.1) is 0 Å². The molecule has 2 heterocycles. The van der Waals surface area contributed by atoms with Crippen molar-refractivity contribution in [3.8, 4) is 0 Å². The predicted octanol–water partition coefficient (Wildman–Crippen LogP) is 0.207. The zero-order chi connectivity index (χ0) is 10.8. The van der Waals surface area contributed by atoms with Crippen LogP contribution in [0.4, 0.5) is 0 Å². The van der Waals surface area contributed by atoms with Gasteiger partial charge < -0.3 is 4.74 Å². The molecule has 2 rings (SSSR count). The molecule has 0 aromatic rings.